The topological polar surface area (TPSA) is 108 Å². The Morgan fingerprint density at radius 2 is 2.09 bits per heavy atom. The fourth-order valence-electron chi connectivity index (χ4n) is 2.45. The van der Waals surface area contributed by atoms with E-state index in [4.69, 9.17) is 9.90 Å². The van der Waals surface area contributed by atoms with Crippen LogP contribution in [0.4, 0.5) is 0 Å². The van der Waals surface area contributed by atoms with Crippen molar-refractivity contribution in [3.05, 3.63) is 28.9 Å². The number of hydrogen-bond acceptors (Lipinski definition) is 4. The zero-order valence-corrected chi connectivity index (χ0v) is 12.1. The number of fused-ring (bicyclic) bond motifs is 1. The lowest BCUT2D eigenvalue weighted by atomic mass is 10.1. The molecule has 3 heterocycles. The number of aromatic nitrogens is 3. The molecule has 8 nitrogen and oxygen atoms in total. The first-order valence-electron chi connectivity index (χ1n) is 7.05. The van der Waals surface area contributed by atoms with Gasteiger partial charge in [0.15, 0.2) is 0 Å². The molecule has 0 aromatic carbocycles. The SMILES string of the molecule is O=C1CCCCN1CCn1cnc2cc[nH]c2c1=O.O=CO. The van der Waals surface area contributed by atoms with Crippen molar-refractivity contribution < 1.29 is 14.7 Å². The van der Waals surface area contributed by atoms with Gasteiger partial charge < -0.3 is 15.0 Å². The van der Waals surface area contributed by atoms with E-state index in [-0.39, 0.29) is 17.9 Å². The first kappa shape index (κ1) is 15.7. The van der Waals surface area contributed by atoms with Crippen LogP contribution >= 0.6 is 0 Å². The van der Waals surface area contributed by atoms with E-state index in [0.29, 0.717) is 30.5 Å². The van der Waals surface area contributed by atoms with E-state index in [1.807, 2.05) is 4.90 Å². The largest absolute Gasteiger partial charge is 0.483 e. The van der Waals surface area contributed by atoms with Gasteiger partial charge in [0.2, 0.25) is 5.91 Å². The lowest BCUT2D eigenvalue weighted by molar-refractivity contribution is -0.133. The molecule has 2 aromatic heterocycles. The van der Waals surface area contributed by atoms with Crippen LogP contribution in [0.15, 0.2) is 23.4 Å². The molecular formula is C14H18N4O4. The normalized spacial score (nSPS) is 14.5. The number of hydrogen-bond donors (Lipinski definition) is 2. The van der Waals surface area contributed by atoms with Crippen LogP contribution in [0.5, 0.6) is 0 Å². The van der Waals surface area contributed by atoms with E-state index in [1.165, 1.54) is 0 Å². The Hall–Kier alpha value is -2.64. The van der Waals surface area contributed by atoms with E-state index >= 15 is 0 Å². The van der Waals surface area contributed by atoms with Gasteiger partial charge in [0.1, 0.15) is 5.52 Å². The highest BCUT2D eigenvalue weighted by atomic mass is 16.3. The molecule has 22 heavy (non-hydrogen) atoms. The van der Waals surface area contributed by atoms with Crippen molar-refractivity contribution in [3.63, 3.8) is 0 Å². The number of aromatic amines is 1. The minimum Gasteiger partial charge on any atom is -0.483 e. The Morgan fingerprint density at radius 1 is 1.32 bits per heavy atom. The van der Waals surface area contributed by atoms with Gasteiger partial charge >= 0.3 is 0 Å². The molecule has 0 unspecified atom stereocenters. The third kappa shape index (κ3) is 3.51. The molecule has 0 radical (unpaired) electrons. The minimum absolute atomic E-state index is 0.0838. The standard InChI is InChI=1S/C13H16N4O2.CH2O2/c18-11-3-1-2-6-16(11)7-8-17-9-15-10-4-5-14-12(10)13(17)19;2-1-3/h4-5,9,14H,1-3,6-8H2;1H,(H,2,3). The molecule has 3 rings (SSSR count). The summed E-state index contributed by atoms with van der Waals surface area (Å²) in [6.07, 6.45) is 5.91. The highest BCUT2D eigenvalue weighted by molar-refractivity contribution is 5.76. The molecule has 2 aromatic rings. The molecule has 0 bridgehead atoms. The molecule has 1 aliphatic heterocycles. The lowest BCUT2D eigenvalue weighted by Gasteiger charge is -2.26. The Kier molecular flexibility index (Phi) is 5.29. The van der Waals surface area contributed by atoms with Crippen LogP contribution in [-0.4, -0.2) is 50.0 Å². The minimum atomic E-state index is -0.250. The number of amides is 1. The average Bonchev–Trinajstić information content (AvgIpc) is 2.98. The Balaban J connectivity index is 0.000000545. The fraction of sp³-hybridized carbons (Fsp3) is 0.429. The number of likely N-dealkylation sites (tertiary alicyclic amines) is 1. The maximum absolute atomic E-state index is 12.1. The third-order valence-corrected chi connectivity index (χ3v) is 3.57. The van der Waals surface area contributed by atoms with Crippen molar-refractivity contribution in [1.82, 2.24) is 19.4 Å². The summed E-state index contributed by atoms with van der Waals surface area (Å²) in [5, 5.41) is 6.89. The van der Waals surface area contributed by atoms with Gasteiger partial charge in [-0.25, -0.2) is 4.98 Å². The zero-order chi connectivity index (χ0) is 15.9. The summed E-state index contributed by atoms with van der Waals surface area (Å²) in [6.45, 7) is 1.62. The Morgan fingerprint density at radius 3 is 2.82 bits per heavy atom. The molecule has 0 aliphatic carbocycles. The van der Waals surface area contributed by atoms with E-state index < -0.39 is 0 Å². The molecule has 0 saturated carbocycles. The van der Waals surface area contributed by atoms with Crippen molar-refractivity contribution in [2.45, 2.75) is 25.8 Å². The number of carbonyl (C=O) groups excluding carboxylic acids is 1. The van der Waals surface area contributed by atoms with Crippen LogP contribution in [0.1, 0.15) is 19.3 Å². The van der Waals surface area contributed by atoms with Gasteiger partial charge in [0, 0.05) is 32.3 Å². The molecule has 1 aliphatic rings. The number of rotatable bonds is 3. The van der Waals surface area contributed by atoms with Crippen molar-refractivity contribution in [2.24, 2.45) is 0 Å². The number of piperidine rings is 1. The van der Waals surface area contributed by atoms with Crippen LogP contribution in [0.3, 0.4) is 0 Å². The molecule has 0 spiro atoms. The predicted octanol–water partition coefficient (Wildman–Crippen LogP) is 0.438. The Labute approximate surface area is 126 Å². The van der Waals surface area contributed by atoms with E-state index in [0.717, 1.165) is 19.4 Å². The second-order valence-corrected chi connectivity index (χ2v) is 4.92. The second-order valence-electron chi connectivity index (χ2n) is 4.92. The molecule has 1 saturated heterocycles. The summed E-state index contributed by atoms with van der Waals surface area (Å²) in [5.74, 6) is 0.188. The highest BCUT2D eigenvalue weighted by Crippen LogP contribution is 2.10. The molecule has 118 valence electrons. The lowest BCUT2D eigenvalue weighted by Crippen LogP contribution is -2.38. The first-order chi connectivity index (χ1) is 10.7. The van der Waals surface area contributed by atoms with Gasteiger partial charge in [-0.05, 0) is 18.9 Å². The van der Waals surface area contributed by atoms with Crippen LogP contribution in [0.25, 0.3) is 11.0 Å². The summed E-state index contributed by atoms with van der Waals surface area (Å²) >= 11 is 0. The summed E-state index contributed by atoms with van der Waals surface area (Å²) < 4.78 is 1.56. The van der Waals surface area contributed by atoms with Crippen molar-refractivity contribution in [1.29, 1.82) is 0 Å². The van der Waals surface area contributed by atoms with Crippen molar-refractivity contribution in [3.8, 4) is 0 Å². The molecular weight excluding hydrogens is 288 g/mol. The molecule has 1 fully saturated rings. The summed E-state index contributed by atoms with van der Waals surface area (Å²) in [5.41, 5.74) is 1.11. The number of nitrogens with zero attached hydrogens (tertiary/aromatic N) is 3. The number of carbonyl (C=O) groups is 2. The van der Waals surface area contributed by atoms with Gasteiger partial charge in [0.25, 0.3) is 12.0 Å². The number of H-pyrrole nitrogens is 1. The third-order valence-electron chi connectivity index (χ3n) is 3.57. The first-order valence-corrected chi connectivity index (χ1v) is 7.05. The maximum atomic E-state index is 12.1. The van der Waals surface area contributed by atoms with Crippen molar-refractivity contribution >= 4 is 23.4 Å². The van der Waals surface area contributed by atoms with Crippen LogP contribution < -0.4 is 5.56 Å². The molecule has 8 heteroatoms. The average molecular weight is 306 g/mol. The van der Waals surface area contributed by atoms with Gasteiger partial charge in [-0.1, -0.05) is 0 Å². The van der Waals surface area contributed by atoms with Gasteiger partial charge in [-0.15, -0.1) is 0 Å². The summed E-state index contributed by atoms with van der Waals surface area (Å²) in [7, 11) is 0. The maximum Gasteiger partial charge on any atom is 0.290 e. The fourth-order valence-corrected chi connectivity index (χ4v) is 2.45. The zero-order valence-electron chi connectivity index (χ0n) is 12.1. The van der Waals surface area contributed by atoms with E-state index in [9.17, 15) is 9.59 Å². The smallest absolute Gasteiger partial charge is 0.290 e. The quantitative estimate of drug-likeness (QED) is 0.800. The molecule has 1 amide bonds. The molecule has 0 atom stereocenters. The summed E-state index contributed by atoms with van der Waals surface area (Å²) in [4.78, 5) is 41.1. The van der Waals surface area contributed by atoms with Crippen molar-refractivity contribution in [2.75, 3.05) is 13.1 Å². The van der Waals surface area contributed by atoms with Crippen LogP contribution in [0, 0.1) is 0 Å². The van der Waals surface area contributed by atoms with Gasteiger partial charge in [-0.3, -0.25) is 19.0 Å². The number of nitrogens with one attached hydrogen (secondary N) is 1. The van der Waals surface area contributed by atoms with Crippen LogP contribution in [0.2, 0.25) is 0 Å². The number of carboxylic acid groups (broad SMARTS) is 1. The molecule has 2 N–H and O–H groups in total. The van der Waals surface area contributed by atoms with Crippen LogP contribution in [-0.2, 0) is 16.1 Å². The van der Waals surface area contributed by atoms with E-state index in [2.05, 4.69) is 9.97 Å². The highest BCUT2D eigenvalue weighted by Gasteiger charge is 2.17. The Bertz CT molecular complexity index is 706. The van der Waals surface area contributed by atoms with E-state index in [1.54, 1.807) is 23.2 Å². The second kappa shape index (κ2) is 7.39. The monoisotopic (exact) mass is 306 g/mol. The summed E-state index contributed by atoms with van der Waals surface area (Å²) in [6, 6.07) is 1.77. The van der Waals surface area contributed by atoms with Gasteiger partial charge in [-0.2, -0.15) is 0 Å². The van der Waals surface area contributed by atoms with Gasteiger partial charge in [0.05, 0.1) is 11.8 Å². The predicted molar refractivity (Wildman–Crippen MR) is 79.5 cm³/mol.